The number of rotatable bonds is 12. The first-order valence-electron chi connectivity index (χ1n) is 13.3. The van der Waals surface area contributed by atoms with Gasteiger partial charge in [-0.05, 0) is 78.2 Å². The molecule has 9 nitrogen and oxygen atoms in total. The van der Waals surface area contributed by atoms with Crippen molar-refractivity contribution >= 4 is 45.3 Å². The Morgan fingerprint density at radius 2 is 1.58 bits per heavy atom. The first kappa shape index (κ1) is 31.3. The number of nitrogens with zero attached hydrogens (tertiary/aromatic N) is 2. The Morgan fingerprint density at radius 3 is 2.23 bits per heavy atom. The minimum Gasteiger partial charge on any atom is -0.484 e. The molecule has 11 heteroatoms. The Labute approximate surface area is 256 Å². The minimum absolute atomic E-state index is 0.0544. The number of halogens is 1. The Balaban J connectivity index is 1.28. The van der Waals surface area contributed by atoms with E-state index in [0.29, 0.717) is 33.1 Å². The zero-order chi connectivity index (χ0) is 30.8. The molecule has 0 saturated heterocycles. The molecule has 0 aromatic heterocycles. The second-order valence-electron chi connectivity index (χ2n) is 9.66. The van der Waals surface area contributed by atoms with Crippen LogP contribution in [0.4, 0.5) is 5.69 Å². The molecule has 0 unspecified atom stereocenters. The van der Waals surface area contributed by atoms with E-state index < -0.39 is 15.9 Å². The summed E-state index contributed by atoms with van der Waals surface area (Å²) >= 11 is 6.22. The fraction of sp³-hybridized carbons (Fsp3) is 0.156. The van der Waals surface area contributed by atoms with Crippen molar-refractivity contribution in [2.75, 3.05) is 17.2 Å². The monoisotopic (exact) mass is 618 g/mol. The maximum Gasteiger partial charge on any atom is 0.271 e. The highest BCUT2D eigenvalue weighted by molar-refractivity contribution is 7.92. The van der Waals surface area contributed by atoms with Crippen LogP contribution in [-0.2, 0) is 21.4 Å². The van der Waals surface area contributed by atoms with Gasteiger partial charge in [-0.15, -0.1) is 0 Å². The van der Waals surface area contributed by atoms with Crippen molar-refractivity contribution in [3.8, 4) is 5.75 Å². The van der Waals surface area contributed by atoms with Crippen LogP contribution in [0.5, 0.6) is 5.75 Å². The summed E-state index contributed by atoms with van der Waals surface area (Å²) in [6, 6.07) is 29.6. The molecule has 4 aromatic rings. The summed E-state index contributed by atoms with van der Waals surface area (Å²) in [6.07, 6.45) is 2.58. The number of carbonyl (C=O) groups excluding carboxylic acids is 2. The van der Waals surface area contributed by atoms with Gasteiger partial charge in [-0.2, -0.15) is 5.10 Å². The molecule has 0 bridgehead atoms. The zero-order valence-corrected chi connectivity index (χ0v) is 25.2. The first-order valence-corrected chi connectivity index (χ1v) is 15.5. The summed E-state index contributed by atoms with van der Waals surface area (Å²) in [5.41, 5.74) is 5.52. The quantitative estimate of drug-likeness (QED) is 0.164. The minimum atomic E-state index is -3.62. The Hall–Kier alpha value is -4.67. The van der Waals surface area contributed by atoms with Crippen molar-refractivity contribution in [3.63, 3.8) is 0 Å². The Kier molecular flexibility index (Phi) is 10.5. The second-order valence-corrected chi connectivity index (χ2v) is 12.0. The van der Waals surface area contributed by atoms with Crippen LogP contribution < -0.4 is 19.8 Å². The maximum atomic E-state index is 12.6. The molecule has 222 valence electrons. The van der Waals surface area contributed by atoms with Crippen molar-refractivity contribution in [1.82, 2.24) is 10.7 Å². The van der Waals surface area contributed by atoms with Gasteiger partial charge < -0.3 is 10.1 Å². The van der Waals surface area contributed by atoms with Crippen LogP contribution in [-0.4, -0.2) is 39.3 Å². The Morgan fingerprint density at radius 1 is 0.930 bits per heavy atom. The fourth-order valence-electron chi connectivity index (χ4n) is 4.10. The highest BCUT2D eigenvalue weighted by Crippen LogP contribution is 2.24. The third kappa shape index (κ3) is 9.16. The van der Waals surface area contributed by atoms with Crippen molar-refractivity contribution in [3.05, 3.63) is 130 Å². The molecule has 0 spiro atoms. The SMILES string of the molecule is C[C@H](NC(=O)COc1ccc(C=NNC(=O)c2ccc(N(Cc3ccccc3Cl)S(C)(=O)=O)cc2)cc1)c1ccccc1. The molecule has 2 amide bonds. The number of amides is 2. The van der Waals surface area contributed by atoms with Gasteiger partial charge in [0.25, 0.3) is 11.8 Å². The predicted molar refractivity (Wildman–Crippen MR) is 169 cm³/mol. The fourth-order valence-corrected chi connectivity index (χ4v) is 5.17. The number of nitrogens with one attached hydrogen (secondary N) is 2. The lowest BCUT2D eigenvalue weighted by molar-refractivity contribution is -0.123. The molecular formula is C32H31ClN4O5S. The number of carbonyl (C=O) groups is 2. The van der Waals surface area contributed by atoms with E-state index in [1.165, 1.54) is 22.7 Å². The van der Waals surface area contributed by atoms with Gasteiger partial charge in [0.15, 0.2) is 6.61 Å². The molecule has 4 rings (SSSR count). The summed E-state index contributed by atoms with van der Waals surface area (Å²) in [7, 11) is -3.62. The number of hydrogen-bond donors (Lipinski definition) is 2. The molecule has 1 atom stereocenters. The molecular weight excluding hydrogens is 588 g/mol. The lowest BCUT2D eigenvalue weighted by atomic mass is 10.1. The molecule has 4 aromatic carbocycles. The molecule has 0 aliphatic carbocycles. The third-order valence-corrected chi connectivity index (χ3v) is 7.91. The predicted octanol–water partition coefficient (Wildman–Crippen LogP) is 5.33. The van der Waals surface area contributed by atoms with Crippen molar-refractivity contribution in [2.24, 2.45) is 5.10 Å². The zero-order valence-electron chi connectivity index (χ0n) is 23.6. The van der Waals surface area contributed by atoms with E-state index in [-0.39, 0.29) is 25.1 Å². The molecule has 2 N–H and O–H groups in total. The second kappa shape index (κ2) is 14.5. The smallest absolute Gasteiger partial charge is 0.271 e. The standard InChI is InChI=1S/C32H31ClN4O5S/c1-23(25-8-4-3-5-9-25)35-31(38)22-42-29-18-12-24(13-19-29)20-34-36-32(39)26-14-16-28(17-15-26)37(43(2,40)41)21-27-10-6-7-11-30(27)33/h3-20,23H,21-22H2,1-2H3,(H,35,38)(H,36,39)/t23-/m0/s1. The number of ether oxygens (including phenoxy) is 1. The first-order chi connectivity index (χ1) is 20.6. The van der Waals surface area contributed by atoms with Crippen molar-refractivity contribution in [1.29, 1.82) is 0 Å². The molecule has 0 radical (unpaired) electrons. The van der Waals surface area contributed by atoms with Crippen molar-refractivity contribution in [2.45, 2.75) is 19.5 Å². The van der Waals surface area contributed by atoms with Gasteiger partial charge in [0.1, 0.15) is 5.75 Å². The molecule has 0 saturated carbocycles. The molecule has 0 aliphatic rings. The van der Waals surface area contributed by atoms with Crippen LogP contribution in [0.3, 0.4) is 0 Å². The van der Waals surface area contributed by atoms with E-state index in [4.69, 9.17) is 16.3 Å². The van der Waals surface area contributed by atoms with Gasteiger partial charge in [-0.3, -0.25) is 13.9 Å². The van der Waals surface area contributed by atoms with Crippen LogP contribution in [0.2, 0.25) is 5.02 Å². The number of hydrazone groups is 1. The van der Waals surface area contributed by atoms with Crippen LogP contribution in [0.1, 0.15) is 40.0 Å². The van der Waals surface area contributed by atoms with E-state index in [9.17, 15) is 18.0 Å². The van der Waals surface area contributed by atoms with E-state index in [1.807, 2.05) is 37.3 Å². The lowest BCUT2D eigenvalue weighted by Crippen LogP contribution is -2.31. The van der Waals surface area contributed by atoms with Gasteiger partial charge in [-0.1, -0.05) is 60.1 Å². The average Bonchev–Trinajstić information content (AvgIpc) is 3.00. The Bertz CT molecular complexity index is 1680. The highest BCUT2D eigenvalue weighted by Gasteiger charge is 2.19. The van der Waals surface area contributed by atoms with Crippen LogP contribution in [0.15, 0.2) is 108 Å². The van der Waals surface area contributed by atoms with E-state index >= 15 is 0 Å². The van der Waals surface area contributed by atoms with E-state index in [0.717, 1.165) is 11.8 Å². The van der Waals surface area contributed by atoms with Gasteiger partial charge in [0, 0.05) is 10.6 Å². The number of anilines is 1. The van der Waals surface area contributed by atoms with Gasteiger partial charge in [0.2, 0.25) is 10.0 Å². The number of hydrogen-bond acceptors (Lipinski definition) is 6. The van der Waals surface area contributed by atoms with Gasteiger partial charge in [0.05, 0.1) is 30.7 Å². The molecule has 0 aliphatic heterocycles. The van der Waals surface area contributed by atoms with Crippen LogP contribution in [0.25, 0.3) is 0 Å². The summed E-state index contributed by atoms with van der Waals surface area (Å²) in [5.74, 6) is -0.181. The van der Waals surface area contributed by atoms with E-state index in [2.05, 4.69) is 15.8 Å². The van der Waals surface area contributed by atoms with E-state index in [1.54, 1.807) is 60.7 Å². The topological polar surface area (TPSA) is 117 Å². The van der Waals surface area contributed by atoms with Gasteiger partial charge in [-0.25, -0.2) is 13.8 Å². The lowest BCUT2D eigenvalue weighted by Gasteiger charge is -2.23. The number of benzene rings is 4. The van der Waals surface area contributed by atoms with Crippen LogP contribution >= 0.6 is 11.6 Å². The average molecular weight is 619 g/mol. The highest BCUT2D eigenvalue weighted by atomic mass is 35.5. The number of sulfonamides is 1. The summed E-state index contributed by atoms with van der Waals surface area (Å²) in [5, 5.41) is 7.35. The maximum absolute atomic E-state index is 12.6. The summed E-state index contributed by atoms with van der Waals surface area (Å²) < 4.78 is 31.7. The normalized spacial score (nSPS) is 12.0. The summed E-state index contributed by atoms with van der Waals surface area (Å²) in [4.78, 5) is 24.8. The third-order valence-electron chi connectivity index (χ3n) is 6.40. The summed E-state index contributed by atoms with van der Waals surface area (Å²) in [6.45, 7) is 1.84. The largest absolute Gasteiger partial charge is 0.484 e. The molecule has 0 heterocycles. The van der Waals surface area contributed by atoms with Crippen molar-refractivity contribution < 1.29 is 22.7 Å². The molecule has 43 heavy (non-hydrogen) atoms. The van der Waals surface area contributed by atoms with Crippen LogP contribution in [0, 0.1) is 0 Å². The van der Waals surface area contributed by atoms with Gasteiger partial charge >= 0.3 is 0 Å². The molecule has 0 fully saturated rings.